The predicted molar refractivity (Wildman–Crippen MR) is 105 cm³/mol. The number of rotatable bonds is 7. The number of nitriles is 1. The number of aryl methyl sites for hydroxylation is 1. The number of amides is 1. The zero-order valence-electron chi connectivity index (χ0n) is 15.7. The van der Waals surface area contributed by atoms with Gasteiger partial charge in [0.25, 0.3) is 5.91 Å². The van der Waals surface area contributed by atoms with Crippen LogP contribution in [0.1, 0.15) is 16.8 Å². The molecule has 0 bridgehead atoms. The molecule has 1 amide bonds. The largest absolute Gasteiger partial charge is 0.493 e. The van der Waals surface area contributed by atoms with E-state index in [-0.39, 0.29) is 5.91 Å². The molecule has 2 aromatic carbocycles. The van der Waals surface area contributed by atoms with Gasteiger partial charge in [-0.15, -0.1) is 0 Å². The first-order valence-electron chi connectivity index (χ1n) is 8.69. The van der Waals surface area contributed by atoms with Crippen LogP contribution >= 0.6 is 0 Å². The van der Waals surface area contributed by atoms with Crippen LogP contribution in [-0.2, 0) is 6.54 Å². The molecule has 1 aromatic heterocycles. The molecule has 7 nitrogen and oxygen atoms in total. The predicted octanol–water partition coefficient (Wildman–Crippen LogP) is 3.73. The standard InChI is InChI=1S/C21H20N4O3/c1-27-18-10-9-15(13-19(18)28-2)20-17(14-25(24-20)12-6-11-22)21(26)23-16-7-4-3-5-8-16/h3-5,7-10,13-14H,6,12H2,1-2H3,(H,23,26). The van der Waals surface area contributed by atoms with Crippen LogP contribution in [0.3, 0.4) is 0 Å². The van der Waals surface area contributed by atoms with Gasteiger partial charge in [0.05, 0.1) is 38.8 Å². The summed E-state index contributed by atoms with van der Waals surface area (Å²) < 4.78 is 12.2. The summed E-state index contributed by atoms with van der Waals surface area (Å²) >= 11 is 0. The molecule has 0 fully saturated rings. The van der Waals surface area contributed by atoms with E-state index in [1.807, 2.05) is 36.4 Å². The summed E-state index contributed by atoms with van der Waals surface area (Å²) in [5, 5.41) is 16.2. The molecule has 0 spiro atoms. The van der Waals surface area contributed by atoms with E-state index in [9.17, 15) is 4.79 Å². The van der Waals surface area contributed by atoms with Crippen LogP contribution in [0.25, 0.3) is 11.3 Å². The van der Waals surface area contributed by atoms with Crippen LogP contribution in [0, 0.1) is 11.3 Å². The highest BCUT2D eigenvalue weighted by Crippen LogP contribution is 2.33. The van der Waals surface area contributed by atoms with Crippen molar-refractivity contribution in [2.75, 3.05) is 19.5 Å². The van der Waals surface area contributed by atoms with Crippen LogP contribution in [0.4, 0.5) is 5.69 Å². The van der Waals surface area contributed by atoms with Gasteiger partial charge in [0.2, 0.25) is 0 Å². The van der Waals surface area contributed by atoms with Gasteiger partial charge in [-0.3, -0.25) is 9.48 Å². The maximum Gasteiger partial charge on any atom is 0.259 e. The molecule has 0 unspecified atom stereocenters. The Bertz CT molecular complexity index is 1010. The zero-order chi connectivity index (χ0) is 19.9. The van der Waals surface area contributed by atoms with Gasteiger partial charge in [0.1, 0.15) is 5.69 Å². The summed E-state index contributed by atoms with van der Waals surface area (Å²) in [7, 11) is 3.11. The van der Waals surface area contributed by atoms with Crippen LogP contribution in [0.15, 0.2) is 54.7 Å². The zero-order valence-corrected chi connectivity index (χ0v) is 15.7. The lowest BCUT2D eigenvalue weighted by atomic mass is 10.1. The number of hydrogen-bond acceptors (Lipinski definition) is 5. The fourth-order valence-corrected chi connectivity index (χ4v) is 2.78. The fraction of sp³-hybridized carbons (Fsp3) is 0.190. The van der Waals surface area contributed by atoms with E-state index in [4.69, 9.17) is 14.7 Å². The van der Waals surface area contributed by atoms with Crippen molar-refractivity contribution in [3.63, 3.8) is 0 Å². The number of methoxy groups -OCH3 is 2. The highest BCUT2D eigenvalue weighted by Gasteiger charge is 2.19. The number of nitrogens with one attached hydrogen (secondary N) is 1. The lowest BCUT2D eigenvalue weighted by Gasteiger charge is -2.09. The topological polar surface area (TPSA) is 89.2 Å². The second-order valence-corrected chi connectivity index (χ2v) is 5.95. The van der Waals surface area contributed by atoms with E-state index in [0.717, 1.165) is 0 Å². The maximum absolute atomic E-state index is 12.9. The summed E-state index contributed by atoms with van der Waals surface area (Å²) in [5.41, 5.74) is 2.32. The summed E-state index contributed by atoms with van der Waals surface area (Å²) in [5.74, 6) is 0.852. The van der Waals surface area contributed by atoms with Crippen molar-refractivity contribution in [3.8, 4) is 28.8 Å². The van der Waals surface area contributed by atoms with Crippen LogP contribution in [0.2, 0.25) is 0 Å². The minimum Gasteiger partial charge on any atom is -0.493 e. The van der Waals surface area contributed by atoms with Crippen molar-refractivity contribution in [2.24, 2.45) is 0 Å². The molecule has 0 saturated carbocycles. The van der Waals surface area contributed by atoms with E-state index in [0.29, 0.717) is 47.0 Å². The van der Waals surface area contributed by atoms with Crippen molar-refractivity contribution in [1.29, 1.82) is 5.26 Å². The molecule has 1 N–H and O–H groups in total. The number of hydrogen-bond donors (Lipinski definition) is 1. The number of benzene rings is 2. The summed E-state index contributed by atoms with van der Waals surface area (Å²) in [6.07, 6.45) is 1.95. The minimum atomic E-state index is -0.279. The lowest BCUT2D eigenvalue weighted by molar-refractivity contribution is 0.102. The molecular weight excluding hydrogens is 356 g/mol. The maximum atomic E-state index is 12.9. The average molecular weight is 376 g/mol. The number of anilines is 1. The first-order chi connectivity index (χ1) is 13.7. The highest BCUT2D eigenvalue weighted by molar-refractivity contribution is 6.08. The Balaban J connectivity index is 2.00. The second-order valence-electron chi connectivity index (χ2n) is 5.95. The number of ether oxygens (including phenoxy) is 2. The first kappa shape index (κ1) is 19.0. The molecule has 3 rings (SSSR count). The third-order valence-corrected chi connectivity index (χ3v) is 4.15. The molecule has 142 valence electrons. The summed E-state index contributed by atoms with van der Waals surface area (Å²) in [6.45, 7) is 0.398. The van der Waals surface area contributed by atoms with Crippen molar-refractivity contribution in [2.45, 2.75) is 13.0 Å². The number of carbonyl (C=O) groups excluding carboxylic acids is 1. The molecule has 28 heavy (non-hydrogen) atoms. The summed E-state index contributed by atoms with van der Waals surface area (Å²) in [4.78, 5) is 12.9. The Morgan fingerprint density at radius 1 is 1.14 bits per heavy atom. The SMILES string of the molecule is COc1ccc(-c2nn(CCC#N)cc2C(=O)Nc2ccccc2)cc1OC. The molecule has 0 aliphatic carbocycles. The van der Waals surface area contributed by atoms with E-state index >= 15 is 0 Å². The third-order valence-electron chi connectivity index (χ3n) is 4.15. The number of aromatic nitrogens is 2. The van der Waals surface area contributed by atoms with Crippen LogP contribution in [0.5, 0.6) is 11.5 Å². The third kappa shape index (κ3) is 4.13. The quantitative estimate of drug-likeness (QED) is 0.679. The van der Waals surface area contributed by atoms with Gasteiger partial charge in [0.15, 0.2) is 11.5 Å². The van der Waals surface area contributed by atoms with Gasteiger partial charge in [-0.05, 0) is 30.3 Å². The van der Waals surface area contributed by atoms with Gasteiger partial charge in [-0.2, -0.15) is 10.4 Å². The molecular formula is C21H20N4O3. The number of nitrogens with zero attached hydrogens (tertiary/aromatic N) is 3. The molecule has 0 aliphatic rings. The van der Waals surface area contributed by atoms with Crippen molar-refractivity contribution in [3.05, 3.63) is 60.3 Å². The van der Waals surface area contributed by atoms with Gasteiger partial charge in [-0.1, -0.05) is 18.2 Å². The van der Waals surface area contributed by atoms with E-state index < -0.39 is 0 Å². The first-order valence-corrected chi connectivity index (χ1v) is 8.69. The van der Waals surface area contributed by atoms with Gasteiger partial charge >= 0.3 is 0 Å². The molecule has 3 aromatic rings. The smallest absolute Gasteiger partial charge is 0.259 e. The second kappa shape index (κ2) is 8.73. The molecule has 0 saturated heterocycles. The molecule has 0 aliphatic heterocycles. The molecule has 0 radical (unpaired) electrons. The van der Waals surface area contributed by atoms with Gasteiger partial charge < -0.3 is 14.8 Å². The van der Waals surface area contributed by atoms with Crippen LogP contribution < -0.4 is 14.8 Å². The molecule has 1 heterocycles. The number of para-hydroxylation sites is 1. The lowest BCUT2D eigenvalue weighted by Crippen LogP contribution is -2.12. The monoisotopic (exact) mass is 376 g/mol. The minimum absolute atomic E-state index is 0.279. The van der Waals surface area contributed by atoms with Gasteiger partial charge in [-0.25, -0.2) is 0 Å². The molecule has 0 atom stereocenters. The highest BCUT2D eigenvalue weighted by atomic mass is 16.5. The van der Waals surface area contributed by atoms with Crippen molar-refractivity contribution < 1.29 is 14.3 Å². The molecule has 7 heteroatoms. The number of carbonyl (C=O) groups is 1. The van der Waals surface area contributed by atoms with E-state index in [1.165, 1.54) is 0 Å². The Hall–Kier alpha value is -3.79. The normalized spacial score (nSPS) is 10.2. The van der Waals surface area contributed by atoms with Crippen molar-refractivity contribution >= 4 is 11.6 Å². The summed E-state index contributed by atoms with van der Waals surface area (Å²) in [6, 6.07) is 16.6. The van der Waals surface area contributed by atoms with E-state index in [1.54, 1.807) is 37.2 Å². The Morgan fingerprint density at radius 2 is 1.89 bits per heavy atom. The average Bonchev–Trinajstić information content (AvgIpc) is 3.17. The Kier molecular flexibility index (Phi) is 5.92. The fourth-order valence-electron chi connectivity index (χ4n) is 2.78. The van der Waals surface area contributed by atoms with Crippen molar-refractivity contribution in [1.82, 2.24) is 9.78 Å². The van der Waals surface area contributed by atoms with Crippen LogP contribution in [-0.4, -0.2) is 29.9 Å². The Labute approximate surface area is 163 Å². The van der Waals surface area contributed by atoms with E-state index in [2.05, 4.69) is 16.5 Å². The van der Waals surface area contributed by atoms with Gasteiger partial charge in [0, 0.05) is 17.4 Å². The Morgan fingerprint density at radius 3 is 2.57 bits per heavy atom.